The van der Waals surface area contributed by atoms with Gasteiger partial charge in [-0.3, -0.25) is 4.79 Å². The van der Waals surface area contributed by atoms with Crippen LogP contribution in [0.2, 0.25) is 0 Å². The molecule has 0 aliphatic carbocycles. The van der Waals surface area contributed by atoms with Crippen molar-refractivity contribution in [1.29, 1.82) is 0 Å². The van der Waals surface area contributed by atoms with Crippen LogP contribution in [0, 0.1) is 4.91 Å². The van der Waals surface area contributed by atoms with Gasteiger partial charge in [0.05, 0.1) is 13.3 Å². The van der Waals surface area contributed by atoms with E-state index in [1.54, 1.807) is 18.2 Å². The zero-order valence-electron chi connectivity index (χ0n) is 11.7. The quantitative estimate of drug-likeness (QED) is 0.503. The summed E-state index contributed by atoms with van der Waals surface area (Å²) >= 11 is 0. The number of nitroso groups, excluding NO2 is 1. The number of hydrazone groups is 1. The Morgan fingerprint density at radius 3 is 2.77 bits per heavy atom. The molecule has 0 aliphatic heterocycles. The molecule has 0 heterocycles. The fourth-order valence-corrected chi connectivity index (χ4v) is 1.69. The van der Waals surface area contributed by atoms with E-state index in [4.69, 9.17) is 4.74 Å². The number of rotatable bonds is 5. The van der Waals surface area contributed by atoms with E-state index in [1.165, 1.54) is 37.6 Å². The van der Waals surface area contributed by atoms with E-state index < -0.39 is 5.91 Å². The largest absolute Gasteiger partial charge is 0.507 e. The van der Waals surface area contributed by atoms with Crippen LogP contribution >= 0.6 is 0 Å². The number of aromatic hydroxyl groups is 1. The van der Waals surface area contributed by atoms with Crippen LogP contribution in [0.1, 0.15) is 15.9 Å². The molecule has 0 atom stereocenters. The van der Waals surface area contributed by atoms with Gasteiger partial charge < -0.3 is 9.84 Å². The first-order chi connectivity index (χ1) is 10.6. The van der Waals surface area contributed by atoms with Crippen molar-refractivity contribution in [3.05, 3.63) is 58.5 Å². The maximum atomic E-state index is 11.8. The average molecular weight is 299 g/mol. The summed E-state index contributed by atoms with van der Waals surface area (Å²) < 4.78 is 4.96. The van der Waals surface area contributed by atoms with Crippen LogP contribution < -0.4 is 10.2 Å². The normalized spacial score (nSPS) is 10.4. The second kappa shape index (κ2) is 6.98. The number of methoxy groups -OCH3 is 1. The fourth-order valence-electron chi connectivity index (χ4n) is 1.69. The predicted octanol–water partition coefficient (Wildman–Crippen LogP) is 2.56. The van der Waals surface area contributed by atoms with Crippen LogP contribution in [-0.4, -0.2) is 24.3 Å². The number of nitrogens with zero attached hydrogens (tertiary/aromatic N) is 2. The van der Waals surface area contributed by atoms with E-state index in [1.807, 2.05) is 0 Å². The standard InChI is InChI=1S/C15H13N3O4/c1-22-13-6-5-11(14(19)8-13)9-16-17-15(20)10-3-2-4-12(7-10)18-21/h2-9,19H,1H3,(H,17,20)/b16-9+. The number of carbonyl (C=O) groups is 1. The lowest BCUT2D eigenvalue weighted by atomic mass is 10.2. The maximum absolute atomic E-state index is 11.8. The Bertz CT molecular complexity index is 728. The Balaban J connectivity index is 2.05. The summed E-state index contributed by atoms with van der Waals surface area (Å²) in [7, 11) is 1.49. The highest BCUT2D eigenvalue weighted by atomic mass is 16.5. The van der Waals surface area contributed by atoms with Crippen molar-refractivity contribution in [2.24, 2.45) is 10.3 Å². The molecular weight excluding hydrogens is 286 g/mol. The lowest BCUT2D eigenvalue weighted by molar-refractivity contribution is 0.0955. The summed E-state index contributed by atoms with van der Waals surface area (Å²) in [5, 5.41) is 16.3. The number of nitrogens with one attached hydrogen (secondary N) is 1. The third kappa shape index (κ3) is 3.66. The highest BCUT2D eigenvalue weighted by molar-refractivity contribution is 5.95. The van der Waals surface area contributed by atoms with E-state index in [2.05, 4.69) is 15.7 Å². The molecule has 0 unspecified atom stereocenters. The van der Waals surface area contributed by atoms with Crippen molar-refractivity contribution in [3.63, 3.8) is 0 Å². The molecule has 2 rings (SSSR count). The van der Waals surface area contributed by atoms with Crippen molar-refractivity contribution in [1.82, 2.24) is 5.43 Å². The van der Waals surface area contributed by atoms with E-state index in [0.717, 1.165) is 0 Å². The molecule has 112 valence electrons. The van der Waals surface area contributed by atoms with Crippen LogP contribution in [0.3, 0.4) is 0 Å². The molecule has 0 aromatic heterocycles. The van der Waals surface area contributed by atoms with Crippen LogP contribution in [0.4, 0.5) is 5.69 Å². The third-order valence-electron chi connectivity index (χ3n) is 2.82. The van der Waals surface area contributed by atoms with Gasteiger partial charge in [0.2, 0.25) is 0 Å². The monoisotopic (exact) mass is 299 g/mol. The Morgan fingerprint density at radius 1 is 1.27 bits per heavy atom. The molecule has 7 nitrogen and oxygen atoms in total. The first-order valence-corrected chi connectivity index (χ1v) is 6.28. The first-order valence-electron chi connectivity index (χ1n) is 6.28. The Labute approximate surface area is 126 Å². The molecule has 0 fully saturated rings. The lowest BCUT2D eigenvalue weighted by Gasteiger charge is -2.03. The number of hydrogen-bond donors (Lipinski definition) is 2. The van der Waals surface area contributed by atoms with Crippen molar-refractivity contribution < 1.29 is 14.6 Å². The minimum atomic E-state index is -0.491. The van der Waals surface area contributed by atoms with Gasteiger partial charge >= 0.3 is 0 Å². The fraction of sp³-hybridized carbons (Fsp3) is 0.0667. The van der Waals surface area contributed by atoms with Gasteiger partial charge in [-0.2, -0.15) is 5.10 Å². The van der Waals surface area contributed by atoms with Crippen molar-refractivity contribution in [2.75, 3.05) is 7.11 Å². The Morgan fingerprint density at radius 2 is 2.09 bits per heavy atom. The molecule has 0 saturated carbocycles. The SMILES string of the molecule is COc1ccc(/C=N/NC(=O)c2cccc(N=O)c2)c(O)c1. The number of amides is 1. The second-order valence-electron chi connectivity index (χ2n) is 4.27. The van der Waals surface area contributed by atoms with Crippen molar-refractivity contribution in [3.8, 4) is 11.5 Å². The molecule has 0 aliphatic rings. The molecule has 0 saturated heterocycles. The summed E-state index contributed by atoms with van der Waals surface area (Å²) in [4.78, 5) is 22.3. The first kappa shape index (κ1) is 15.2. The number of phenols is 1. The molecule has 1 amide bonds. The predicted molar refractivity (Wildman–Crippen MR) is 81.6 cm³/mol. The maximum Gasteiger partial charge on any atom is 0.271 e. The van der Waals surface area contributed by atoms with E-state index in [-0.39, 0.29) is 17.0 Å². The average Bonchev–Trinajstić information content (AvgIpc) is 2.56. The summed E-state index contributed by atoms with van der Waals surface area (Å²) in [5.74, 6) is -0.00360. The lowest BCUT2D eigenvalue weighted by Crippen LogP contribution is -2.17. The van der Waals surface area contributed by atoms with Gasteiger partial charge in [0.25, 0.3) is 5.91 Å². The number of ether oxygens (including phenoxy) is 1. The molecule has 0 spiro atoms. The van der Waals surface area contributed by atoms with Crippen molar-refractivity contribution >= 4 is 17.8 Å². The summed E-state index contributed by atoms with van der Waals surface area (Å²) in [6.45, 7) is 0. The van der Waals surface area contributed by atoms with Gasteiger partial charge in [-0.05, 0) is 35.5 Å². The second-order valence-corrected chi connectivity index (χ2v) is 4.27. The van der Waals surface area contributed by atoms with Crippen LogP contribution in [0.15, 0.2) is 52.7 Å². The summed E-state index contributed by atoms with van der Waals surface area (Å²) in [6.07, 6.45) is 1.30. The van der Waals surface area contributed by atoms with E-state index in [0.29, 0.717) is 11.3 Å². The molecule has 0 bridgehead atoms. The molecule has 2 aromatic carbocycles. The summed E-state index contributed by atoms with van der Waals surface area (Å²) in [5.41, 5.74) is 3.13. The minimum absolute atomic E-state index is 0.0236. The van der Waals surface area contributed by atoms with E-state index >= 15 is 0 Å². The molecule has 0 radical (unpaired) electrons. The number of phenolic OH excluding ortho intramolecular Hbond substituents is 1. The van der Waals surface area contributed by atoms with Crippen molar-refractivity contribution in [2.45, 2.75) is 0 Å². The van der Waals surface area contributed by atoms with Crippen LogP contribution in [0.5, 0.6) is 11.5 Å². The van der Waals surface area contributed by atoms with Gasteiger partial charge in [-0.15, -0.1) is 4.91 Å². The minimum Gasteiger partial charge on any atom is -0.507 e. The van der Waals surface area contributed by atoms with Crippen LogP contribution in [-0.2, 0) is 0 Å². The molecule has 2 N–H and O–H groups in total. The molecular formula is C15H13N3O4. The van der Waals surface area contributed by atoms with Gasteiger partial charge in [-0.1, -0.05) is 6.07 Å². The van der Waals surface area contributed by atoms with Gasteiger partial charge in [0.1, 0.15) is 17.2 Å². The number of benzene rings is 2. The molecule has 7 heteroatoms. The third-order valence-corrected chi connectivity index (χ3v) is 2.82. The Hall–Kier alpha value is -3.22. The topological polar surface area (TPSA) is 100 Å². The zero-order valence-corrected chi connectivity index (χ0v) is 11.7. The summed E-state index contributed by atoms with van der Waals surface area (Å²) in [6, 6.07) is 10.6. The zero-order chi connectivity index (χ0) is 15.9. The smallest absolute Gasteiger partial charge is 0.271 e. The van der Waals surface area contributed by atoms with Gasteiger partial charge in [0.15, 0.2) is 0 Å². The number of carbonyl (C=O) groups excluding carboxylic acids is 1. The number of hydrogen-bond acceptors (Lipinski definition) is 6. The highest BCUT2D eigenvalue weighted by Gasteiger charge is 2.05. The van der Waals surface area contributed by atoms with Crippen LogP contribution in [0.25, 0.3) is 0 Å². The Kier molecular flexibility index (Phi) is 4.81. The molecule has 22 heavy (non-hydrogen) atoms. The van der Waals surface area contributed by atoms with E-state index in [9.17, 15) is 14.8 Å². The molecule has 2 aromatic rings. The van der Waals surface area contributed by atoms with Gasteiger partial charge in [-0.25, -0.2) is 5.43 Å². The van der Waals surface area contributed by atoms with Gasteiger partial charge in [0, 0.05) is 17.2 Å². The highest BCUT2D eigenvalue weighted by Crippen LogP contribution is 2.21.